The maximum atomic E-state index is 13.6. The molecule has 37 heavy (non-hydrogen) atoms. The molecule has 2 heterocycles. The third-order valence-electron chi connectivity index (χ3n) is 7.61. The minimum atomic E-state index is -0.0772. The Bertz CT molecular complexity index is 1130. The fraction of sp³-hybridized carbons (Fsp3) is 0.483. The number of carbonyl (C=O) groups excluding carboxylic acids is 2. The molecule has 196 valence electrons. The lowest BCUT2D eigenvalue weighted by Gasteiger charge is -2.37. The summed E-state index contributed by atoms with van der Waals surface area (Å²) in [6.07, 6.45) is 2.28. The van der Waals surface area contributed by atoms with Gasteiger partial charge < -0.3 is 14.7 Å². The molecule has 0 radical (unpaired) electrons. The monoisotopic (exact) mass is 521 g/mol. The number of nitrogens with zero attached hydrogens (tertiary/aromatic N) is 5. The summed E-state index contributed by atoms with van der Waals surface area (Å²) in [5, 5.41) is 9.68. The quantitative estimate of drug-likeness (QED) is 0.542. The Hall–Kier alpha value is -3.08. The maximum Gasteiger partial charge on any atom is 0.230 e. The summed E-state index contributed by atoms with van der Waals surface area (Å²) < 4.78 is 0. The molecule has 0 atom stereocenters. The second kappa shape index (κ2) is 12.4. The number of piperazine rings is 1. The van der Waals surface area contributed by atoms with E-state index in [9.17, 15) is 9.59 Å². The second-order valence-electron chi connectivity index (χ2n) is 10.0. The SMILES string of the molecule is CC(=O)N1CCC(C(=O)N(CCCN2CCN(c3ccc(C#N)cc3)CC2)c2ccc(C)c(Cl)c2)CC1. The first kappa shape index (κ1) is 27.0. The Morgan fingerprint density at radius 3 is 2.30 bits per heavy atom. The highest BCUT2D eigenvalue weighted by Gasteiger charge is 2.30. The molecule has 7 nitrogen and oxygen atoms in total. The van der Waals surface area contributed by atoms with Crippen LogP contribution in [0.5, 0.6) is 0 Å². The van der Waals surface area contributed by atoms with Crippen LogP contribution in [0, 0.1) is 24.2 Å². The first-order chi connectivity index (χ1) is 17.9. The molecule has 2 amide bonds. The molecule has 0 unspecified atom stereocenters. The number of piperidine rings is 1. The topological polar surface area (TPSA) is 70.9 Å². The number of likely N-dealkylation sites (tertiary alicyclic amines) is 1. The van der Waals surface area contributed by atoms with Gasteiger partial charge in [-0.3, -0.25) is 14.5 Å². The van der Waals surface area contributed by atoms with Crippen molar-refractivity contribution in [1.29, 1.82) is 5.26 Å². The molecule has 0 N–H and O–H groups in total. The summed E-state index contributed by atoms with van der Waals surface area (Å²) in [4.78, 5) is 33.9. The number of carbonyl (C=O) groups is 2. The van der Waals surface area contributed by atoms with E-state index in [0.717, 1.165) is 56.1 Å². The van der Waals surface area contributed by atoms with E-state index in [-0.39, 0.29) is 17.7 Å². The molecular formula is C29H36ClN5O2. The highest BCUT2D eigenvalue weighted by Crippen LogP contribution is 2.28. The maximum absolute atomic E-state index is 13.6. The zero-order valence-corrected chi connectivity index (χ0v) is 22.6. The number of aryl methyl sites for hydroxylation is 1. The molecule has 2 saturated heterocycles. The molecule has 0 aliphatic carbocycles. The van der Waals surface area contributed by atoms with Crippen molar-refractivity contribution in [2.45, 2.75) is 33.1 Å². The lowest BCUT2D eigenvalue weighted by molar-refractivity contribution is -0.133. The van der Waals surface area contributed by atoms with Gasteiger partial charge in [0.05, 0.1) is 11.6 Å². The van der Waals surface area contributed by atoms with Crippen LogP contribution in [0.2, 0.25) is 5.02 Å². The summed E-state index contributed by atoms with van der Waals surface area (Å²) >= 11 is 6.43. The normalized spacial score (nSPS) is 16.9. The Labute approximate surface area is 225 Å². The average molecular weight is 522 g/mol. The van der Waals surface area contributed by atoms with Crippen molar-refractivity contribution >= 4 is 34.8 Å². The minimum Gasteiger partial charge on any atom is -0.369 e. The molecule has 8 heteroatoms. The van der Waals surface area contributed by atoms with Crippen molar-refractivity contribution in [2.75, 3.05) is 62.2 Å². The number of hydrogen-bond donors (Lipinski definition) is 0. The molecule has 4 rings (SSSR count). The van der Waals surface area contributed by atoms with Crippen LogP contribution in [-0.2, 0) is 9.59 Å². The molecule has 2 aliphatic rings. The van der Waals surface area contributed by atoms with Crippen LogP contribution < -0.4 is 9.80 Å². The average Bonchev–Trinajstić information content (AvgIpc) is 2.93. The van der Waals surface area contributed by atoms with Crippen molar-refractivity contribution < 1.29 is 9.59 Å². The third kappa shape index (κ3) is 6.82. The van der Waals surface area contributed by atoms with Gasteiger partial charge in [0.25, 0.3) is 0 Å². The van der Waals surface area contributed by atoms with Crippen LogP contribution in [0.3, 0.4) is 0 Å². The minimum absolute atomic E-state index is 0.0763. The molecular weight excluding hydrogens is 486 g/mol. The predicted octanol–water partition coefficient (Wildman–Crippen LogP) is 4.32. The smallest absolute Gasteiger partial charge is 0.230 e. The number of benzene rings is 2. The Morgan fingerprint density at radius 1 is 1.03 bits per heavy atom. The van der Waals surface area contributed by atoms with Crippen LogP contribution in [-0.4, -0.2) is 74.0 Å². The van der Waals surface area contributed by atoms with Gasteiger partial charge in [-0.15, -0.1) is 0 Å². The van der Waals surface area contributed by atoms with E-state index in [4.69, 9.17) is 16.9 Å². The Kier molecular flexibility index (Phi) is 9.07. The van der Waals surface area contributed by atoms with Crippen LogP contribution in [0.4, 0.5) is 11.4 Å². The fourth-order valence-corrected chi connectivity index (χ4v) is 5.38. The lowest BCUT2D eigenvalue weighted by atomic mass is 9.94. The Balaban J connectivity index is 1.34. The largest absolute Gasteiger partial charge is 0.369 e. The number of anilines is 2. The van der Waals surface area contributed by atoms with Gasteiger partial charge in [-0.25, -0.2) is 0 Å². The first-order valence-electron chi connectivity index (χ1n) is 13.2. The van der Waals surface area contributed by atoms with Crippen molar-refractivity contribution in [3.63, 3.8) is 0 Å². The van der Waals surface area contributed by atoms with Crippen molar-refractivity contribution in [3.8, 4) is 6.07 Å². The summed E-state index contributed by atoms with van der Waals surface area (Å²) in [7, 11) is 0. The van der Waals surface area contributed by atoms with E-state index in [1.165, 1.54) is 0 Å². The zero-order chi connectivity index (χ0) is 26.4. The molecule has 2 fully saturated rings. The number of hydrogen-bond acceptors (Lipinski definition) is 5. The highest BCUT2D eigenvalue weighted by molar-refractivity contribution is 6.31. The number of amides is 2. The van der Waals surface area contributed by atoms with E-state index >= 15 is 0 Å². The van der Waals surface area contributed by atoms with Gasteiger partial charge >= 0.3 is 0 Å². The first-order valence-corrected chi connectivity index (χ1v) is 13.5. The number of nitriles is 1. The van der Waals surface area contributed by atoms with Crippen molar-refractivity contribution in [1.82, 2.24) is 9.80 Å². The van der Waals surface area contributed by atoms with E-state index in [0.29, 0.717) is 43.1 Å². The van der Waals surface area contributed by atoms with E-state index in [1.807, 2.05) is 59.2 Å². The standard InChI is InChI=1S/C29H36ClN5O2/c1-22-4-7-27(20-28(22)30)35(29(37)25-10-14-33(15-11-25)23(2)36)13-3-12-32-16-18-34(19-17-32)26-8-5-24(21-31)6-9-26/h4-9,20,25H,3,10-19H2,1-2H3. The van der Waals surface area contributed by atoms with Crippen LogP contribution >= 0.6 is 11.6 Å². The molecule has 0 spiro atoms. The number of rotatable bonds is 7. The van der Waals surface area contributed by atoms with Gasteiger partial charge in [0.1, 0.15) is 0 Å². The lowest BCUT2D eigenvalue weighted by Crippen LogP contribution is -2.47. The van der Waals surface area contributed by atoms with E-state index in [1.54, 1.807) is 6.92 Å². The van der Waals surface area contributed by atoms with Crippen molar-refractivity contribution in [3.05, 3.63) is 58.6 Å². The molecule has 0 aromatic heterocycles. The number of halogens is 1. The molecule has 2 aromatic rings. The van der Waals surface area contributed by atoms with E-state index in [2.05, 4.69) is 15.9 Å². The zero-order valence-electron chi connectivity index (χ0n) is 21.8. The predicted molar refractivity (Wildman–Crippen MR) is 148 cm³/mol. The molecule has 0 saturated carbocycles. The Morgan fingerprint density at radius 2 is 1.70 bits per heavy atom. The summed E-state index contributed by atoms with van der Waals surface area (Å²) in [5.74, 6) is 0.132. The van der Waals surface area contributed by atoms with Gasteiger partial charge in [0.15, 0.2) is 0 Å². The fourth-order valence-electron chi connectivity index (χ4n) is 5.21. The molecule has 0 bridgehead atoms. The summed E-state index contributed by atoms with van der Waals surface area (Å²) in [6, 6.07) is 15.8. The second-order valence-corrected chi connectivity index (χ2v) is 10.5. The van der Waals surface area contributed by atoms with Crippen LogP contribution in [0.25, 0.3) is 0 Å². The van der Waals surface area contributed by atoms with Gasteiger partial charge in [0, 0.05) is 75.1 Å². The van der Waals surface area contributed by atoms with Gasteiger partial charge in [-0.1, -0.05) is 17.7 Å². The van der Waals surface area contributed by atoms with Crippen LogP contribution in [0.15, 0.2) is 42.5 Å². The van der Waals surface area contributed by atoms with Gasteiger partial charge in [0.2, 0.25) is 11.8 Å². The van der Waals surface area contributed by atoms with Gasteiger partial charge in [-0.05, 0) is 74.7 Å². The van der Waals surface area contributed by atoms with Crippen LogP contribution in [0.1, 0.15) is 37.3 Å². The summed E-state index contributed by atoms with van der Waals surface area (Å²) in [6.45, 7) is 10.2. The molecule has 2 aliphatic heterocycles. The molecule has 2 aromatic carbocycles. The summed E-state index contributed by atoms with van der Waals surface area (Å²) in [5.41, 5.74) is 3.68. The highest BCUT2D eigenvalue weighted by atomic mass is 35.5. The van der Waals surface area contributed by atoms with E-state index < -0.39 is 0 Å². The third-order valence-corrected chi connectivity index (χ3v) is 8.02. The van der Waals surface area contributed by atoms with Gasteiger partial charge in [-0.2, -0.15) is 5.26 Å². The van der Waals surface area contributed by atoms with Crippen molar-refractivity contribution in [2.24, 2.45) is 5.92 Å².